The number of benzene rings is 1. The number of cyclic esters (lactones) is 1. The highest BCUT2D eigenvalue weighted by Crippen LogP contribution is 2.41. The third kappa shape index (κ3) is 2.45. The lowest BCUT2D eigenvalue weighted by Crippen LogP contribution is -2.08. The lowest BCUT2D eigenvalue weighted by atomic mass is 9.88. The largest absolute Gasteiger partial charge is 0.453 e. The van der Waals surface area contributed by atoms with Gasteiger partial charge in [0.25, 0.3) is 0 Å². The van der Waals surface area contributed by atoms with E-state index in [2.05, 4.69) is 13.5 Å². The van der Waals surface area contributed by atoms with Crippen LogP contribution in [0, 0.1) is 11.7 Å². The molecule has 1 aliphatic heterocycles. The van der Waals surface area contributed by atoms with E-state index in [9.17, 15) is 9.18 Å². The molecule has 0 saturated carbocycles. The molecule has 0 spiro atoms. The van der Waals surface area contributed by atoms with Gasteiger partial charge in [-0.15, -0.1) is 0 Å². The van der Waals surface area contributed by atoms with Gasteiger partial charge < -0.3 is 4.74 Å². The molecule has 2 nitrogen and oxygen atoms in total. The normalized spacial score (nSPS) is 23.2. The van der Waals surface area contributed by atoms with Gasteiger partial charge in [-0.3, -0.25) is 0 Å². The van der Waals surface area contributed by atoms with Gasteiger partial charge in [-0.1, -0.05) is 38.5 Å². The summed E-state index contributed by atoms with van der Waals surface area (Å²) in [6.07, 6.45) is 2.52. The van der Waals surface area contributed by atoms with Gasteiger partial charge in [-0.05, 0) is 24.1 Å². The Balaban J connectivity index is 2.24. The number of halogens is 1. The van der Waals surface area contributed by atoms with Crippen molar-refractivity contribution in [3.05, 3.63) is 47.8 Å². The minimum atomic E-state index is -0.382. The predicted octanol–water partition coefficient (Wildman–Crippen LogP) is 3.79. The monoisotopic (exact) mass is 248 g/mol. The second kappa shape index (κ2) is 5.34. The van der Waals surface area contributed by atoms with Crippen LogP contribution in [0.1, 0.15) is 37.9 Å². The number of hydrogen-bond donors (Lipinski definition) is 0. The summed E-state index contributed by atoms with van der Waals surface area (Å²) in [5.41, 5.74) is 1.22. The molecule has 1 aromatic rings. The van der Waals surface area contributed by atoms with Crippen molar-refractivity contribution in [2.24, 2.45) is 5.92 Å². The Kier molecular flexibility index (Phi) is 3.80. The van der Waals surface area contributed by atoms with Crippen LogP contribution in [0.2, 0.25) is 0 Å². The number of esters is 1. The predicted molar refractivity (Wildman–Crippen MR) is 67.4 cm³/mol. The molecule has 0 aliphatic carbocycles. The molecule has 1 heterocycles. The van der Waals surface area contributed by atoms with Crippen LogP contribution in [0.3, 0.4) is 0 Å². The van der Waals surface area contributed by atoms with E-state index in [1.165, 1.54) is 12.1 Å². The molecule has 2 rings (SSSR count). The molecule has 0 bridgehead atoms. The van der Waals surface area contributed by atoms with Crippen LogP contribution < -0.4 is 0 Å². The van der Waals surface area contributed by atoms with E-state index in [0.29, 0.717) is 11.1 Å². The fourth-order valence-corrected chi connectivity index (χ4v) is 2.34. The van der Waals surface area contributed by atoms with Crippen LogP contribution in [0.15, 0.2) is 36.4 Å². The zero-order chi connectivity index (χ0) is 13.1. The standard InChI is InChI=1S/C15H17FO2/c1-3-4-8-13-10(2)15(17)18-14(13)11-6-5-7-12(16)9-11/h5-7,9,13-14H,2-4,8H2,1H3/t13-,14-/m1/s1. The lowest BCUT2D eigenvalue weighted by molar-refractivity contribution is -0.139. The van der Waals surface area contributed by atoms with Gasteiger partial charge in [-0.25, -0.2) is 9.18 Å². The highest BCUT2D eigenvalue weighted by Gasteiger charge is 2.38. The third-order valence-electron chi connectivity index (χ3n) is 3.36. The summed E-state index contributed by atoms with van der Waals surface area (Å²) in [5, 5.41) is 0. The van der Waals surface area contributed by atoms with E-state index in [4.69, 9.17) is 4.74 Å². The maximum Gasteiger partial charge on any atom is 0.334 e. The fraction of sp³-hybridized carbons (Fsp3) is 0.400. The average molecular weight is 248 g/mol. The molecule has 2 atom stereocenters. The van der Waals surface area contributed by atoms with Crippen LogP contribution in [0.4, 0.5) is 4.39 Å². The van der Waals surface area contributed by atoms with Gasteiger partial charge in [0.05, 0.1) is 0 Å². The van der Waals surface area contributed by atoms with Crippen molar-refractivity contribution in [3.8, 4) is 0 Å². The minimum absolute atomic E-state index is 0.0285. The SMILES string of the molecule is C=C1C(=O)O[C@H](c2cccc(F)c2)[C@@H]1CCCC. The molecular weight excluding hydrogens is 231 g/mol. The van der Waals surface area contributed by atoms with Crippen LogP contribution in [-0.2, 0) is 9.53 Å². The van der Waals surface area contributed by atoms with Crippen LogP contribution >= 0.6 is 0 Å². The van der Waals surface area contributed by atoms with Crippen molar-refractivity contribution >= 4 is 5.97 Å². The van der Waals surface area contributed by atoms with Gasteiger partial charge in [-0.2, -0.15) is 0 Å². The highest BCUT2D eigenvalue weighted by molar-refractivity contribution is 5.90. The Bertz CT molecular complexity index is 467. The van der Waals surface area contributed by atoms with E-state index >= 15 is 0 Å². The maximum atomic E-state index is 13.2. The summed E-state index contributed by atoms with van der Waals surface area (Å²) in [4.78, 5) is 11.6. The highest BCUT2D eigenvalue weighted by atomic mass is 19.1. The zero-order valence-electron chi connectivity index (χ0n) is 10.5. The third-order valence-corrected chi connectivity index (χ3v) is 3.36. The Morgan fingerprint density at radius 1 is 1.44 bits per heavy atom. The molecule has 1 aromatic carbocycles. The Hall–Kier alpha value is -1.64. The molecule has 0 unspecified atom stereocenters. The van der Waals surface area contributed by atoms with E-state index in [-0.39, 0.29) is 23.8 Å². The summed E-state index contributed by atoms with van der Waals surface area (Å²) < 4.78 is 18.6. The number of unbranched alkanes of at least 4 members (excludes halogenated alkanes) is 1. The van der Waals surface area contributed by atoms with Crippen molar-refractivity contribution in [1.29, 1.82) is 0 Å². The molecule has 3 heteroatoms. The molecule has 0 aromatic heterocycles. The Labute approximate surface area is 106 Å². The first kappa shape index (κ1) is 12.8. The minimum Gasteiger partial charge on any atom is -0.453 e. The molecule has 18 heavy (non-hydrogen) atoms. The summed E-state index contributed by atoms with van der Waals surface area (Å²) in [6, 6.07) is 6.24. The molecular formula is C15H17FO2. The summed E-state index contributed by atoms with van der Waals surface area (Å²) in [7, 11) is 0. The van der Waals surface area contributed by atoms with E-state index in [1.54, 1.807) is 12.1 Å². The van der Waals surface area contributed by atoms with Gasteiger partial charge in [0.2, 0.25) is 0 Å². The van der Waals surface area contributed by atoms with E-state index < -0.39 is 0 Å². The lowest BCUT2D eigenvalue weighted by Gasteiger charge is -2.17. The Morgan fingerprint density at radius 2 is 2.22 bits per heavy atom. The summed E-state index contributed by atoms with van der Waals surface area (Å²) in [5.74, 6) is -0.695. The molecule has 96 valence electrons. The summed E-state index contributed by atoms with van der Waals surface area (Å²) >= 11 is 0. The number of rotatable bonds is 4. The fourth-order valence-electron chi connectivity index (χ4n) is 2.34. The summed E-state index contributed by atoms with van der Waals surface area (Å²) in [6.45, 7) is 5.89. The maximum absolute atomic E-state index is 13.2. The van der Waals surface area contributed by atoms with Crippen molar-refractivity contribution in [1.82, 2.24) is 0 Å². The zero-order valence-corrected chi connectivity index (χ0v) is 10.5. The van der Waals surface area contributed by atoms with E-state index in [1.807, 2.05) is 0 Å². The second-order valence-corrected chi connectivity index (χ2v) is 4.65. The number of carbonyl (C=O) groups excluding carboxylic acids is 1. The molecule has 0 radical (unpaired) electrons. The van der Waals surface area contributed by atoms with Crippen LogP contribution in [0.25, 0.3) is 0 Å². The second-order valence-electron chi connectivity index (χ2n) is 4.65. The first-order valence-electron chi connectivity index (χ1n) is 6.28. The van der Waals surface area contributed by atoms with Gasteiger partial charge >= 0.3 is 5.97 Å². The smallest absolute Gasteiger partial charge is 0.334 e. The molecule has 1 saturated heterocycles. The van der Waals surface area contributed by atoms with Crippen molar-refractivity contribution in [3.63, 3.8) is 0 Å². The van der Waals surface area contributed by atoms with Gasteiger partial charge in [0, 0.05) is 11.5 Å². The first-order valence-corrected chi connectivity index (χ1v) is 6.28. The van der Waals surface area contributed by atoms with Crippen molar-refractivity contribution < 1.29 is 13.9 Å². The quantitative estimate of drug-likeness (QED) is 0.598. The van der Waals surface area contributed by atoms with E-state index in [0.717, 1.165) is 19.3 Å². The van der Waals surface area contributed by atoms with Crippen molar-refractivity contribution in [2.75, 3.05) is 0 Å². The topological polar surface area (TPSA) is 26.3 Å². The van der Waals surface area contributed by atoms with Gasteiger partial charge in [0.1, 0.15) is 11.9 Å². The number of ether oxygens (including phenoxy) is 1. The van der Waals surface area contributed by atoms with Gasteiger partial charge in [0.15, 0.2) is 0 Å². The van der Waals surface area contributed by atoms with Crippen LogP contribution in [-0.4, -0.2) is 5.97 Å². The average Bonchev–Trinajstić information content (AvgIpc) is 2.64. The number of carbonyl (C=O) groups is 1. The molecule has 0 N–H and O–H groups in total. The molecule has 1 fully saturated rings. The molecule has 0 amide bonds. The first-order chi connectivity index (χ1) is 8.63. The Morgan fingerprint density at radius 3 is 2.89 bits per heavy atom. The molecule has 1 aliphatic rings. The van der Waals surface area contributed by atoms with Crippen molar-refractivity contribution in [2.45, 2.75) is 32.3 Å². The number of hydrogen-bond acceptors (Lipinski definition) is 2. The van der Waals surface area contributed by atoms with Crippen LogP contribution in [0.5, 0.6) is 0 Å².